The third kappa shape index (κ3) is 0.781. The molecule has 1 heterocycles. The van der Waals surface area contributed by atoms with Crippen LogP contribution >= 0.6 is 0 Å². The third-order valence-corrected chi connectivity index (χ3v) is 3.98. The van der Waals surface area contributed by atoms with Gasteiger partial charge in [-0.2, -0.15) is 0 Å². The van der Waals surface area contributed by atoms with Crippen molar-refractivity contribution in [2.75, 3.05) is 7.05 Å². The number of allylic oxidation sites excluding steroid dienone is 2. The van der Waals surface area contributed by atoms with Crippen molar-refractivity contribution in [3.8, 4) is 0 Å². The Balaban J connectivity index is 2.07. The smallest absolute Gasteiger partial charge is 0.233 e. The van der Waals surface area contributed by atoms with E-state index in [1.807, 2.05) is 0 Å². The molecule has 0 aromatic heterocycles. The molecular formula is C11H13NO2. The molecule has 2 fully saturated rings. The molecule has 1 saturated carbocycles. The first-order valence-corrected chi connectivity index (χ1v) is 5.20. The van der Waals surface area contributed by atoms with E-state index in [9.17, 15) is 9.59 Å². The fourth-order valence-corrected chi connectivity index (χ4v) is 3.22. The summed E-state index contributed by atoms with van der Waals surface area (Å²) in [5, 5.41) is 0. The van der Waals surface area contributed by atoms with Crippen molar-refractivity contribution in [3.05, 3.63) is 12.2 Å². The van der Waals surface area contributed by atoms with Crippen molar-refractivity contribution in [1.29, 1.82) is 0 Å². The molecule has 3 aliphatic carbocycles. The van der Waals surface area contributed by atoms with E-state index >= 15 is 0 Å². The summed E-state index contributed by atoms with van der Waals surface area (Å²) in [5.41, 5.74) is 0. The van der Waals surface area contributed by atoms with Crippen molar-refractivity contribution in [3.63, 3.8) is 0 Å². The second-order valence-corrected chi connectivity index (χ2v) is 4.58. The summed E-state index contributed by atoms with van der Waals surface area (Å²) in [6.45, 7) is 0. The molecule has 0 aromatic rings. The fourth-order valence-electron chi connectivity index (χ4n) is 3.22. The normalized spacial score (nSPS) is 44.8. The molecule has 1 aliphatic heterocycles. The van der Waals surface area contributed by atoms with Crippen LogP contribution in [0.3, 0.4) is 0 Å². The standard InChI is InChI=1S/C11H13NO2/c1-12-10(13)8-6-2-3-7(5-4-6)9(8)11(12)14/h2-3,6-9H,4-5H2,1H3/t6-,7+,8-,9-/m0/s1. The van der Waals surface area contributed by atoms with Crippen molar-refractivity contribution in [1.82, 2.24) is 4.90 Å². The van der Waals surface area contributed by atoms with Crippen LogP contribution in [0.2, 0.25) is 0 Å². The van der Waals surface area contributed by atoms with Crippen LogP contribution < -0.4 is 0 Å². The maximum absolute atomic E-state index is 11.8. The molecule has 0 aromatic carbocycles. The van der Waals surface area contributed by atoms with Crippen LogP contribution in [-0.2, 0) is 9.59 Å². The predicted octanol–water partition coefficient (Wildman–Crippen LogP) is 0.813. The molecule has 4 atom stereocenters. The minimum Gasteiger partial charge on any atom is -0.285 e. The summed E-state index contributed by atoms with van der Waals surface area (Å²) in [4.78, 5) is 24.9. The van der Waals surface area contributed by atoms with Crippen LogP contribution in [0.4, 0.5) is 0 Å². The molecule has 0 unspecified atom stereocenters. The molecular weight excluding hydrogens is 178 g/mol. The van der Waals surface area contributed by atoms with Gasteiger partial charge in [-0.25, -0.2) is 0 Å². The van der Waals surface area contributed by atoms with Gasteiger partial charge in [0.15, 0.2) is 0 Å². The van der Waals surface area contributed by atoms with Gasteiger partial charge in [0.05, 0.1) is 11.8 Å². The first-order chi connectivity index (χ1) is 6.70. The Morgan fingerprint density at radius 2 is 1.50 bits per heavy atom. The number of hydrogen-bond acceptors (Lipinski definition) is 2. The van der Waals surface area contributed by atoms with Gasteiger partial charge in [-0.3, -0.25) is 14.5 Å². The molecule has 0 spiro atoms. The van der Waals surface area contributed by atoms with Gasteiger partial charge in [-0.05, 0) is 24.7 Å². The summed E-state index contributed by atoms with van der Waals surface area (Å²) >= 11 is 0. The molecule has 14 heavy (non-hydrogen) atoms. The SMILES string of the molecule is CN1C(=O)[C@@H]2[C@@H](C1=O)[C@H]1C=C[C@@H]2CC1. The van der Waals surface area contributed by atoms with E-state index in [1.54, 1.807) is 7.05 Å². The summed E-state index contributed by atoms with van der Waals surface area (Å²) in [7, 11) is 1.61. The van der Waals surface area contributed by atoms with Crippen LogP contribution in [-0.4, -0.2) is 23.8 Å². The van der Waals surface area contributed by atoms with E-state index in [-0.39, 0.29) is 23.7 Å². The van der Waals surface area contributed by atoms with Crippen molar-refractivity contribution >= 4 is 11.8 Å². The number of rotatable bonds is 0. The average molecular weight is 191 g/mol. The number of carbonyl (C=O) groups excluding carboxylic acids is 2. The highest BCUT2D eigenvalue weighted by Gasteiger charge is 2.55. The van der Waals surface area contributed by atoms with Crippen LogP contribution in [0, 0.1) is 23.7 Å². The van der Waals surface area contributed by atoms with Crippen molar-refractivity contribution in [2.45, 2.75) is 12.8 Å². The van der Waals surface area contributed by atoms with Gasteiger partial charge < -0.3 is 0 Å². The molecule has 2 amide bonds. The van der Waals surface area contributed by atoms with Gasteiger partial charge in [0.1, 0.15) is 0 Å². The van der Waals surface area contributed by atoms with E-state index in [0.29, 0.717) is 11.8 Å². The Labute approximate surface area is 82.8 Å². The summed E-state index contributed by atoms with van der Waals surface area (Å²) in [5.74, 6) is 0.670. The molecule has 3 heteroatoms. The summed E-state index contributed by atoms with van der Waals surface area (Å²) in [6.07, 6.45) is 6.43. The van der Waals surface area contributed by atoms with Crippen LogP contribution in [0.15, 0.2) is 12.2 Å². The zero-order valence-corrected chi connectivity index (χ0v) is 8.14. The summed E-state index contributed by atoms with van der Waals surface area (Å²) < 4.78 is 0. The van der Waals surface area contributed by atoms with Gasteiger partial charge in [0.2, 0.25) is 11.8 Å². The second kappa shape index (κ2) is 2.47. The lowest BCUT2D eigenvalue weighted by Crippen LogP contribution is -2.38. The lowest BCUT2D eigenvalue weighted by Gasteiger charge is -2.38. The van der Waals surface area contributed by atoms with Crippen molar-refractivity contribution in [2.24, 2.45) is 23.7 Å². The molecule has 0 N–H and O–H groups in total. The van der Waals surface area contributed by atoms with Gasteiger partial charge in [-0.15, -0.1) is 0 Å². The van der Waals surface area contributed by atoms with E-state index in [1.165, 1.54) is 4.90 Å². The van der Waals surface area contributed by atoms with E-state index in [0.717, 1.165) is 12.8 Å². The first kappa shape index (κ1) is 8.21. The van der Waals surface area contributed by atoms with E-state index < -0.39 is 0 Å². The maximum atomic E-state index is 11.8. The number of amides is 2. The van der Waals surface area contributed by atoms with Crippen molar-refractivity contribution < 1.29 is 9.59 Å². The highest BCUT2D eigenvalue weighted by Crippen LogP contribution is 2.49. The van der Waals surface area contributed by atoms with Gasteiger partial charge >= 0.3 is 0 Å². The molecule has 0 radical (unpaired) electrons. The van der Waals surface area contributed by atoms with Gasteiger partial charge in [-0.1, -0.05) is 12.2 Å². The molecule has 4 rings (SSSR count). The number of likely N-dealkylation sites (tertiary alicyclic amines) is 1. The molecule has 74 valence electrons. The second-order valence-electron chi connectivity index (χ2n) is 4.58. The van der Waals surface area contributed by atoms with Gasteiger partial charge in [0.25, 0.3) is 0 Å². The molecule has 2 bridgehead atoms. The third-order valence-electron chi connectivity index (χ3n) is 3.98. The Bertz CT molecular complexity index is 315. The zero-order valence-electron chi connectivity index (χ0n) is 8.14. The highest BCUT2D eigenvalue weighted by molar-refractivity contribution is 6.05. The summed E-state index contributed by atoms with van der Waals surface area (Å²) in [6, 6.07) is 0. The average Bonchev–Trinajstić information content (AvgIpc) is 2.47. The lowest BCUT2D eigenvalue weighted by molar-refractivity contribution is -0.138. The monoisotopic (exact) mass is 191 g/mol. The minimum absolute atomic E-state index is 0.0313. The van der Waals surface area contributed by atoms with Crippen LogP contribution in [0.25, 0.3) is 0 Å². The largest absolute Gasteiger partial charge is 0.285 e. The lowest BCUT2D eigenvalue weighted by atomic mass is 9.63. The van der Waals surface area contributed by atoms with E-state index in [4.69, 9.17) is 0 Å². The van der Waals surface area contributed by atoms with Crippen LogP contribution in [0.1, 0.15) is 12.8 Å². The highest BCUT2D eigenvalue weighted by atomic mass is 16.2. The molecule has 1 saturated heterocycles. The topological polar surface area (TPSA) is 37.4 Å². The minimum atomic E-state index is -0.0313. The number of nitrogens with zero attached hydrogens (tertiary/aromatic N) is 1. The quantitative estimate of drug-likeness (QED) is 0.420. The maximum Gasteiger partial charge on any atom is 0.233 e. The van der Waals surface area contributed by atoms with E-state index in [2.05, 4.69) is 12.2 Å². The number of fused-ring (bicyclic) bond motifs is 1. The number of imide groups is 1. The van der Waals surface area contributed by atoms with Crippen LogP contribution in [0.5, 0.6) is 0 Å². The molecule has 4 aliphatic rings. The Morgan fingerprint density at radius 3 is 1.86 bits per heavy atom. The Hall–Kier alpha value is -1.12. The van der Waals surface area contributed by atoms with Gasteiger partial charge in [0, 0.05) is 7.05 Å². The number of carbonyl (C=O) groups is 2. The first-order valence-electron chi connectivity index (χ1n) is 5.20. The predicted molar refractivity (Wildman–Crippen MR) is 50.1 cm³/mol. The fraction of sp³-hybridized carbons (Fsp3) is 0.636. The Morgan fingerprint density at radius 1 is 1.07 bits per heavy atom. The zero-order chi connectivity index (χ0) is 9.87. The Kier molecular flexibility index (Phi) is 1.45. The molecule has 3 nitrogen and oxygen atoms in total. The number of hydrogen-bond donors (Lipinski definition) is 0.